The molecule has 3 nitrogen and oxygen atoms in total. The lowest BCUT2D eigenvalue weighted by atomic mass is 9.97. The molecule has 0 aromatic heterocycles. The highest BCUT2D eigenvalue weighted by Crippen LogP contribution is 2.21. The quantitative estimate of drug-likeness (QED) is 0.607. The predicted molar refractivity (Wildman–Crippen MR) is 91.6 cm³/mol. The molecule has 0 saturated carbocycles. The van der Waals surface area contributed by atoms with Crippen molar-refractivity contribution in [1.82, 2.24) is 0 Å². The molecule has 0 radical (unpaired) electrons. The van der Waals surface area contributed by atoms with Gasteiger partial charge in [-0.05, 0) is 61.7 Å². The zero-order chi connectivity index (χ0) is 16.8. The number of para-hydroxylation sites is 1. The molecule has 0 aliphatic rings. The average molecular weight is 305 g/mol. The van der Waals surface area contributed by atoms with Crippen LogP contribution >= 0.6 is 0 Å². The second-order valence-electron chi connectivity index (χ2n) is 5.43. The van der Waals surface area contributed by atoms with Crippen LogP contribution in [0, 0.1) is 32.1 Å². The Morgan fingerprint density at radius 2 is 1.83 bits per heavy atom. The number of allylic oxidation sites excluding steroid dienone is 1. The van der Waals surface area contributed by atoms with E-state index in [0.717, 1.165) is 16.7 Å². The van der Waals surface area contributed by atoms with Crippen LogP contribution in [0.2, 0.25) is 0 Å². The number of hydrogen-bond acceptors (Lipinski definition) is 3. The molecule has 0 aliphatic carbocycles. The van der Waals surface area contributed by atoms with Crippen LogP contribution in [0.25, 0.3) is 6.08 Å². The predicted octanol–water partition coefficient (Wildman–Crippen LogP) is 4.41. The molecule has 0 fully saturated rings. The highest BCUT2D eigenvalue weighted by Gasteiger charge is 2.08. The van der Waals surface area contributed by atoms with Gasteiger partial charge in [-0.2, -0.15) is 5.26 Å². The van der Waals surface area contributed by atoms with E-state index in [1.54, 1.807) is 18.2 Å². The summed E-state index contributed by atoms with van der Waals surface area (Å²) < 4.78 is 5.36. The van der Waals surface area contributed by atoms with Crippen molar-refractivity contribution in [2.24, 2.45) is 0 Å². The van der Waals surface area contributed by atoms with E-state index in [-0.39, 0.29) is 12.4 Å². The van der Waals surface area contributed by atoms with Crippen molar-refractivity contribution in [3.05, 3.63) is 70.3 Å². The number of ketones is 1. The van der Waals surface area contributed by atoms with Gasteiger partial charge in [-0.3, -0.25) is 4.79 Å². The van der Waals surface area contributed by atoms with Gasteiger partial charge in [0.15, 0.2) is 12.4 Å². The lowest BCUT2D eigenvalue weighted by Gasteiger charge is -2.07. The molecule has 0 unspecified atom stereocenters. The van der Waals surface area contributed by atoms with Crippen molar-refractivity contribution in [3.63, 3.8) is 0 Å². The SMILES string of the molecule is Cc1cc(C)c(C(=O)/C=C/c2ccccc2OCC#N)cc1C. The minimum Gasteiger partial charge on any atom is -0.478 e. The zero-order valence-corrected chi connectivity index (χ0v) is 13.6. The Labute approximate surface area is 136 Å². The normalized spacial score (nSPS) is 10.5. The second-order valence-corrected chi connectivity index (χ2v) is 5.43. The van der Waals surface area contributed by atoms with Gasteiger partial charge in [0.2, 0.25) is 0 Å². The van der Waals surface area contributed by atoms with Crippen LogP contribution in [0.4, 0.5) is 0 Å². The fraction of sp³-hybridized carbons (Fsp3) is 0.200. The fourth-order valence-electron chi connectivity index (χ4n) is 2.34. The minimum atomic E-state index is -0.0410. The second kappa shape index (κ2) is 7.42. The van der Waals surface area contributed by atoms with Crippen molar-refractivity contribution < 1.29 is 9.53 Å². The molecule has 0 aliphatic heterocycles. The molecule has 2 rings (SSSR count). The number of carbonyl (C=O) groups is 1. The Kier molecular flexibility index (Phi) is 5.32. The van der Waals surface area contributed by atoms with Crippen LogP contribution in [-0.2, 0) is 0 Å². The number of carbonyl (C=O) groups excluding carboxylic acids is 1. The third kappa shape index (κ3) is 4.08. The standard InChI is InChI=1S/C20H19NO2/c1-14-12-16(3)18(13-15(14)2)19(22)9-8-17-6-4-5-7-20(17)23-11-10-21/h4-9,12-13H,11H2,1-3H3/b9-8+. The highest BCUT2D eigenvalue weighted by molar-refractivity contribution is 6.08. The van der Waals surface area contributed by atoms with E-state index in [4.69, 9.17) is 10.00 Å². The molecule has 0 saturated heterocycles. The molecule has 0 N–H and O–H groups in total. The summed E-state index contributed by atoms with van der Waals surface area (Å²) in [5.74, 6) is 0.551. The summed E-state index contributed by atoms with van der Waals surface area (Å²) in [4.78, 5) is 12.4. The number of aryl methyl sites for hydroxylation is 3. The van der Waals surface area contributed by atoms with Gasteiger partial charge in [-0.25, -0.2) is 0 Å². The third-order valence-corrected chi connectivity index (χ3v) is 3.73. The Morgan fingerprint density at radius 1 is 1.13 bits per heavy atom. The van der Waals surface area contributed by atoms with E-state index in [9.17, 15) is 4.79 Å². The number of nitrogens with zero attached hydrogens (tertiary/aromatic N) is 1. The first-order chi connectivity index (χ1) is 11.0. The lowest BCUT2D eigenvalue weighted by Crippen LogP contribution is -2.00. The lowest BCUT2D eigenvalue weighted by molar-refractivity contribution is 0.104. The maximum atomic E-state index is 12.4. The van der Waals surface area contributed by atoms with Crippen molar-refractivity contribution in [2.75, 3.05) is 6.61 Å². The molecule has 2 aromatic carbocycles. The smallest absolute Gasteiger partial charge is 0.186 e. The van der Waals surface area contributed by atoms with Crippen molar-refractivity contribution >= 4 is 11.9 Å². The number of ether oxygens (including phenoxy) is 1. The maximum Gasteiger partial charge on any atom is 0.186 e. The largest absolute Gasteiger partial charge is 0.478 e. The van der Waals surface area contributed by atoms with Gasteiger partial charge in [-0.1, -0.05) is 24.3 Å². The molecular formula is C20H19NO2. The van der Waals surface area contributed by atoms with Gasteiger partial charge in [-0.15, -0.1) is 0 Å². The van der Waals surface area contributed by atoms with Crippen molar-refractivity contribution in [2.45, 2.75) is 20.8 Å². The summed E-state index contributed by atoms with van der Waals surface area (Å²) in [6.07, 6.45) is 3.27. The van der Waals surface area contributed by atoms with Crippen LogP contribution in [-0.4, -0.2) is 12.4 Å². The third-order valence-electron chi connectivity index (χ3n) is 3.73. The van der Waals surface area contributed by atoms with Gasteiger partial charge < -0.3 is 4.74 Å². The first kappa shape index (κ1) is 16.5. The first-order valence-electron chi connectivity index (χ1n) is 7.42. The maximum absolute atomic E-state index is 12.4. The topological polar surface area (TPSA) is 50.1 Å². The van der Waals surface area contributed by atoms with E-state index in [1.165, 1.54) is 5.56 Å². The molecule has 0 amide bonds. The minimum absolute atomic E-state index is 0.0188. The number of hydrogen-bond donors (Lipinski definition) is 0. The molecule has 0 heterocycles. The van der Waals surface area contributed by atoms with Crippen molar-refractivity contribution in [3.8, 4) is 11.8 Å². The summed E-state index contributed by atoms with van der Waals surface area (Å²) in [5.41, 5.74) is 4.73. The van der Waals surface area contributed by atoms with Crippen LogP contribution in [0.15, 0.2) is 42.5 Å². The van der Waals surface area contributed by atoms with Crippen LogP contribution < -0.4 is 4.74 Å². The fourth-order valence-corrected chi connectivity index (χ4v) is 2.34. The van der Waals surface area contributed by atoms with E-state index in [1.807, 2.05) is 57.2 Å². The van der Waals surface area contributed by atoms with E-state index < -0.39 is 0 Å². The summed E-state index contributed by atoms with van der Waals surface area (Å²) in [5, 5.41) is 8.62. The van der Waals surface area contributed by atoms with Gasteiger partial charge in [0.05, 0.1) is 0 Å². The van der Waals surface area contributed by atoms with E-state index in [2.05, 4.69) is 0 Å². The Bertz CT molecular complexity index is 798. The molecule has 116 valence electrons. The van der Waals surface area contributed by atoms with Crippen LogP contribution in [0.5, 0.6) is 5.75 Å². The highest BCUT2D eigenvalue weighted by atomic mass is 16.5. The molecule has 23 heavy (non-hydrogen) atoms. The van der Waals surface area contributed by atoms with Gasteiger partial charge in [0, 0.05) is 11.1 Å². The van der Waals surface area contributed by atoms with Crippen LogP contribution in [0.3, 0.4) is 0 Å². The summed E-state index contributed by atoms with van der Waals surface area (Å²) in [7, 11) is 0. The summed E-state index contributed by atoms with van der Waals surface area (Å²) in [6, 6.07) is 13.2. The van der Waals surface area contributed by atoms with Gasteiger partial charge >= 0.3 is 0 Å². The van der Waals surface area contributed by atoms with E-state index in [0.29, 0.717) is 11.3 Å². The Balaban J connectivity index is 2.26. The first-order valence-corrected chi connectivity index (χ1v) is 7.42. The van der Waals surface area contributed by atoms with Gasteiger partial charge in [0.1, 0.15) is 11.8 Å². The Morgan fingerprint density at radius 3 is 2.57 bits per heavy atom. The molecule has 0 atom stereocenters. The zero-order valence-electron chi connectivity index (χ0n) is 13.6. The monoisotopic (exact) mass is 305 g/mol. The molecule has 0 bridgehead atoms. The van der Waals surface area contributed by atoms with Gasteiger partial charge in [0.25, 0.3) is 0 Å². The number of benzene rings is 2. The average Bonchev–Trinajstić information content (AvgIpc) is 2.54. The molecule has 2 aromatic rings. The van der Waals surface area contributed by atoms with Crippen molar-refractivity contribution in [1.29, 1.82) is 5.26 Å². The number of rotatable bonds is 5. The molecular weight excluding hydrogens is 286 g/mol. The van der Waals surface area contributed by atoms with E-state index >= 15 is 0 Å². The van der Waals surface area contributed by atoms with Crippen LogP contribution in [0.1, 0.15) is 32.6 Å². The summed E-state index contributed by atoms with van der Waals surface area (Å²) >= 11 is 0. The summed E-state index contributed by atoms with van der Waals surface area (Å²) in [6.45, 7) is 5.96. The number of nitriles is 1. The molecule has 3 heteroatoms. The molecule has 0 spiro atoms. The Hall–Kier alpha value is -2.86.